The first kappa shape index (κ1) is 13.1. The molecule has 0 saturated carbocycles. The molecule has 2 aromatic rings. The number of hydrogen-bond acceptors (Lipinski definition) is 3. The van der Waals surface area contributed by atoms with E-state index in [0.29, 0.717) is 0 Å². The van der Waals surface area contributed by atoms with Crippen molar-refractivity contribution in [3.8, 4) is 0 Å². The Kier molecular flexibility index (Phi) is 4.53. The van der Waals surface area contributed by atoms with E-state index in [4.69, 9.17) is 0 Å². The van der Waals surface area contributed by atoms with Crippen molar-refractivity contribution < 1.29 is 9.90 Å². The number of amides is 1. The zero-order chi connectivity index (χ0) is 13.5. The first-order valence-electron chi connectivity index (χ1n) is 6.05. The van der Waals surface area contributed by atoms with Crippen LogP contribution >= 0.6 is 0 Å². The number of carbonyl (C=O) groups excluding carboxylic acids is 1. The van der Waals surface area contributed by atoms with E-state index in [1.165, 1.54) is 0 Å². The van der Waals surface area contributed by atoms with Gasteiger partial charge in [-0.15, -0.1) is 0 Å². The predicted molar refractivity (Wildman–Crippen MR) is 75.9 cm³/mol. The molecule has 0 spiro atoms. The summed E-state index contributed by atoms with van der Waals surface area (Å²) in [6, 6.07) is 18.6. The predicted octanol–water partition coefficient (Wildman–Crippen LogP) is 2.08. The molecule has 4 nitrogen and oxygen atoms in total. The van der Waals surface area contributed by atoms with Gasteiger partial charge in [0.2, 0.25) is 5.91 Å². The molecule has 0 bridgehead atoms. The number of nitrogens with zero attached hydrogens (tertiary/aromatic N) is 1. The van der Waals surface area contributed by atoms with Crippen molar-refractivity contribution in [2.75, 3.05) is 23.5 Å². The highest BCUT2D eigenvalue weighted by Crippen LogP contribution is 2.12. The molecule has 0 aliphatic rings. The minimum absolute atomic E-state index is 0.107. The maximum atomic E-state index is 11.9. The van der Waals surface area contributed by atoms with Crippen molar-refractivity contribution in [2.45, 2.75) is 0 Å². The molecule has 0 aliphatic carbocycles. The van der Waals surface area contributed by atoms with E-state index in [2.05, 4.69) is 5.32 Å². The van der Waals surface area contributed by atoms with Crippen LogP contribution in [0.3, 0.4) is 0 Å². The van der Waals surface area contributed by atoms with E-state index in [1.807, 2.05) is 60.7 Å². The average molecular weight is 256 g/mol. The van der Waals surface area contributed by atoms with Crippen molar-refractivity contribution in [2.24, 2.45) is 0 Å². The molecule has 1 amide bonds. The Hall–Kier alpha value is -2.33. The Morgan fingerprint density at radius 1 is 1.00 bits per heavy atom. The Labute approximate surface area is 112 Å². The third-order valence-electron chi connectivity index (χ3n) is 2.68. The van der Waals surface area contributed by atoms with Crippen molar-refractivity contribution in [1.82, 2.24) is 0 Å². The molecule has 19 heavy (non-hydrogen) atoms. The number of carbonyl (C=O) groups is 1. The zero-order valence-electron chi connectivity index (χ0n) is 10.5. The molecule has 0 unspecified atom stereocenters. The fourth-order valence-corrected chi connectivity index (χ4v) is 1.76. The Morgan fingerprint density at radius 2 is 1.58 bits per heavy atom. The van der Waals surface area contributed by atoms with Crippen LogP contribution < -0.4 is 10.2 Å². The lowest BCUT2D eigenvalue weighted by Gasteiger charge is -2.21. The number of hydrogen-bond donors (Lipinski definition) is 2. The van der Waals surface area contributed by atoms with E-state index in [-0.39, 0.29) is 19.2 Å². The summed E-state index contributed by atoms with van der Waals surface area (Å²) in [6.07, 6.45) is 0. The van der Waals surface area contributed by atoms with Crippen LogP contribution in [0.5, 0.6) is 0 Å². The van der Waals surface area contributed by atoms with Gasteiger partial charge in [-0.1, -0.05) is 36.4 Å². The lowest BCUT2D eigenvalue weighted by molar-refractivity contribution is -0.115. The number of nitrogens with one attached hydrogen (secondary N) is 1. The lowest BCUT2D eigenvalue weighted by atomic mass is 10.3. The van der Waals surface area contributed by atoms with Crippen molar-refractivity contribution in [3.63, 3.8) is 0 Å². The third-order valence-corrected chi connectivity index (χ3v) is 2.68. The normalized spacial score (nSPS) is 9.95. The SMILES string of the molecule is O=C(CN(CO)c1ccccc1)Nc1ccccc1. The molecular weight excluding hydrogens is 240 g/mol. The van der Waals surface area contributed by atoms with Crippen LogP contribution in [0.2, 0.25) is 0 Å². The van der Waals surface area contributed by atoms with Gasteiger partial charge in [0.15, 0.2) is 0 Å². The molecular formula is C15H16N2O2. The Morgan fingerprint density at radius 3 is 2.16 bits per heavy atom. The smallest absolute Gasteiger partial charge is 0.243 e. The maximum absolute atomic E-state index is 11.9. The summed E-state index contributed by atoms with van der Waals surface area (Å²) < 4.78 is 0. The highest BCUT2D eigenvalue weighted by Gasteiger charge is 2.10. The number of aliphatic hydroxyl groups is 1. The van der Waals surface area contributed by atoms with Gasteiger partial charge in [0.1, 0.15) is 6.73 Å². The molecule has 0 atom stereocenters. The van der Waals surface area contributed by atoms with Gasteiger partial charge in [0.25, 0.3) is 0 Å². The highest BCUT2D eigenvalue weighted by atomic mass is 16.3. The van der Waals surface area contributed by atoms with Crippen LogP contribution in [-0.2, 0) is 4.79 Å². The minimum Gasteiger partial charge on any atom is -0.376 e. The first-order valence-corrected chi connectivity index (χ1v) is 6.05. The van der Waals surface area contributed by atoms with Gasteiger partial charge in [-0.05, 0) is 24.3 Å². The third kappa shape index (κ3) is 3.82. The number of benzene rings is 2. The average Bonchev–Trinajstić information content (AvgIpc) is 2.47. The molecule has 2 N–H and O–H groups in total. The van der Waals surface area contributed by atoms with Gasteiger partial charge in [-0.3, -0.25) is 4.79 Å². The first-order chi connectivity index (χ1) is 9.29. The molecule has 0 radical (unpaired) electrons. The van der Waals surface area contributed by atoms with E-state index in [1.54, 1.807) is 4.90 Å². The molecule has 4 heteroatoms. The summed E-state index contributed by atoms with van der Waals surface area (Å²) in [6.45, 7) is -0.0956. The number of para-hydroxylation sites is 2. The largest absolute Gasteiger partial charge is 0.376 e. The van der Waals surface area contributed by atoms with Crippen LogP contribution in [0.1, 0.15) is 0 Å². The summed E-state index contributed by atoms with van der Waals surface area (Å²) in [7, 11) is 0. The highest BCUT2D eigenvalue weighted by molar-refractivity contribution is 5.94. The van der Waals surface area contributed by atoms with Gasteiger partial charge in [-0.2, -0.15) is 0 Å². The summed E-state index contributed by atoms with van der Waals surface area (Å²) in [5.74, 6) is -0.163. The second-order valence-electron chi connectivity index (χ2n) is 4.09. The number of aliphatic hydroxyl groups excluding tert-OH is 1. The van der Waals surface area contributed by atoms with Gasteiger partial charge in [-0.25, -0.2) is 0 Å². The summed E-state index contributed by atoms with van der Waals surface area (Å²) in [4.78, 5) is 13.5. The van der Waals surface area contributed by atoms with Gasteiger partial charge in [0.05, 0.1) is 6.54 Å². The van der Waals surface area contributed by atoms with Crippen molar-refractivity contribution in [3.05, 3.63) is 60.7 Å². The van der Waals surface area contributed by atoms with Gasteiger partial charge >= 0.3 is 0 Å². The monoisotopic (exact) mass is 256 g/mol. The number of rotatable bonds is 5. The zero-order valence-corrected chi connectivity index (χ0v) is 10.5. The fourth-order valence-electron chi connectivity index (χ4n) is 1.76. The molecule has 0 aromatic heterocycles. The summed E-state index contributed by atoms with van der Waals surface area (Å²) >= 11 is 0. The molecule has 0 aliphatic heterocycles. The van der Waals surface area contributed by atoms with Crippen LogP contribution in [0.25, 0.3) is 0 Å². The van der Waals surface area contributed by atoms with Crippen LogP contribution in [0.4, 0.5) is 11.4 Å². The van der Waals surface area contributed by atoms with Crippen molar-refractivity contribution >= 4 is 17.3 Å². The lowest BCUT2D eigenvalue weighted by Crippen LogP contribution is -2.33. The fraction of sp³-hybridized carbons (Fsp3) is 0.133. The van der Waals surface area contributed by atoms with E-state index in [0.717, 1.165) is 11.4 Å². The minimum atomic E-state index is -0.202. The van der Waals surface area contributed by atoms with Crippen LogP contribution in [-0.4, -0.2) is 24.3 Å². The van der Waals surface area contributed by atoms with Crippen LogP contribution in [0, 0.1) is 0 Å². The van der Waals surface area contributed by atoms with E-state index >= 15 is 0 Å². The molecule has 2 rings (SSSR count). The maximum Gasteiger partial charge on any atom is 0.243 e. The van der Waals surface area contributed by atoms with E-state index in [9.17, 15) is 9.90 Å². The van der Waals surface area contributed by atoms with Crippen molar-refractivity contribution in [1.29, 1.82) is 0 Å². The number of anilines is 2. The summed E-state index contributed by atoms with van der Waals surface area (Å²) in [5, 5.41) is 12.1. The van der Waals surface area contributed by atoms with Crippen LogP contribution in [0.15, 0.2) is 60.7 Å². The second-order valence-corrected chi connectivity index (χ2v) is 4.09. The van der Waals surface area contributed by atoms with Gasteiger partial charge < -0.3 is 15.3 Å². The molecule has 0 heterocycles. The second kappa shape index (κ2) is 6.56. The molecule has 98 valence electrons. The Balaban J connectivity index is 1.97. The standard InChI is InChI=1S/C15H16N2O2/c18-12-17(14-9-5-2-6-10-14)11-15(19)16-13-7-3-1-4-8-13/h1-10,18H,11-12H2,(H,16,19). The Bertz CT molecular complexity index is 514. The topological polar surface area (TPSA) is 52.6 Å². The summed E-state index contributed by atoms with van der Waals surface area (Å²) in [5.41, 5.74) is 1.56. The van der Waals surface area contributed by atoms with Gasteiger partial charge in [0, 0.05) is 11.4 Å². The quantitative estimate of drug-likeness (QED) is 0.805. The molecule has 0 saturated heterocycles. The molecule has 0 fully saturated rings. The van der Waals surface area contributed by atoms with E-state index < -0.39 is 0 Å². The molecule has 2 aromatic carbocycles.